The van der Waals surface area contributed by atoms with Gasteiger partial charge in [-0.25, -0.2) is 0 Å². The molecule has 0 saturated carbocycles. The number of aromatic hydroxyl groups is 1. The average molecular weight is 452 g/mol. The second-order valence-corrected chi connectivity index (χ2v) is 9.27. The van der Waals surface area contributed by atoms with E-state index in [1.54, 1.807) is 25.1 Å². The predicted octanol–water partition coefficient (Wildman–Crippen LogP) is 6.22. The average Bonchev–Trinajstić information content (AvgIpc) is 3.03. The normalized spacial score (nSPS) is 12.5. The fraction of sp³-hybridized carbons (Fsp3) is 0.143. The molecule has 1 heterocycles. The first-order valence-corrected chi connectivity index (χ1v) is 11.1. The van der Waals surface area contributed by atoms with E-state index in [9.17, 15) is 26.7 Å². The van der Waals surface area contributed by atoms with Gasteiger partial charge < -0.3 is 9.29 Å². The van der Waals surface area contributed by atoms with Gasteiger partial charge in [-0.3, -0.25) is 0 Å². The van der Waals surface area contributed by atoms with Crippen molar-refractivity contribution in [2.45, 2.75) is 18.9 Å². The Labute approximate surface area is 174 Å². The second kappa shape index (κ2) is 7.17. The van der Waals surface area contributed by atoms with Crippen molar-refractivity contribution in [2.75, 3.05) is 0 Å². The van der Waals surface area contributed by atoms with Crippen molar-refractivity contribution < 1.29 is 30.9 Å². The Morgan fingerprint density at radius 1 is 0.933 bits per heavy atom. The summed E-state index contributed by atoms with van der Waals surface area (Å²) in [6, 6.07) is 15.4. The molecule has 0 unspecified atom stereocenters. The van der Waals surface area contributed by atoms with Crippen LogP contribution in [0.15, 0.2) is 54.6 Å². The van der Waals surface area contributed by atoms with Crippen LogP contribution in [-0.4, -0.2) is 19.0 Å². The molecule has 0 aliphatic rings. The number of hydrogen-bond donors (Lipinski definition) is 1. The summed E-state index contributed by atoms with van der Waals surface area (Å²) in [5.41, 5.74) is -3.58. The largest absolute Gasteiger partial charge is 0.534 e. The fourth-order valence-corrected chi connectivity index (χ4v) is 4.90. The highest BCUT2D eigenvalue weighted by molar-refractivity contribution is 7.88. The molecule has 3 aromatic carbocycles. The van der Waals surface area contributed by atoms with E-state index in [0.29, 0.717) is 12.0 Å². The lowest BCUT2D eigenvalue weighted by Crippen LogP contribution is -2.28. The Morgan fingerprint density at radius 3 is 2.20 bits per heavy atom. The van der Waals surface area contributed by atoms with Gasteiger partial charge in [0, 0.05) is 20.2 Å². The first-order valence-electron chi connectivity index (χ1n) is 8.88. The molecule has 0 amide bonds. The third kappa shape index (κ3) is 3.59. The van der Waals surface area contributed by atoms with E-state index in [4.69, 9.17) is 0 Å². The number of halogens is 3. The van der Waals surface area contributed by atoms with Crippen LogP contribution in [0.4, 0.5) is 13.2 Å². The zero-order chi connectivity index (χ0) is 21.7. The van der Waals surface area contributed by atoms with Crippen LogP contribution in [0.2, 0.25) is 0 Å². The van der Waals surface area contributed by atoms with Gasteiger partial charge in [0.2, 0.25) is 0 Å². The van der Waals surface area contributed by atoms with Gasteiger partial charge in [0.15, 0.2) is 0 Å². The summed E-state index contributed by atoms with van der Waals surface area (Å²) in [6.45, 7) is 1.70. The van der Waals surface area contributed by atoms with Crippen molar-refractivity contribution in [3.8, 4) is 22.6 Å². The number of aryl methyl sites for hydroxylation is 1. The standard InChI is InChI=1S/C21H15F3O4S2/c1-2-12-9-13(4-8-18(12)28-30(26,27)21(22,23)24)14-3-6-16-17-7-5-15(25)11-20(17)29-19(16)10-14/h3-11,25H,2H2,1H3. The molecule has 30 heavy (non-hydrogen) atoms. The Bertz CT molecular complexity index is 1370. The molecule has 156 valence electrons. The summed E-state index contributed by atoms with van der Waals surface area (Å²) in [7, 11) is -5.73. The van der Waals surface area contributed by atoms with Gasteiger partial charge in [-0.1, -0.05) is 25.1 Å². The first-order chi connectivity index (χ1) is 14.1. The van der Waals surface area contributed by atoms with Crippen LogP contribution >= 0.6 is 11.3 Å². The number of hydrogen-bond acceptors (Lipinski definition) is 5. The van der Waals surface area contributed by atoms with Crippen molar-refractivity contribution in [2.24, 2.45) is 0 Å². The fourth-order valence-electron chi connectivity index (χ4n) is 3.23. The van der Waals surface area contributed by atoms with Gasteiger partial charge in [0.25, 0.3) is 0 Å². The summed E-state index contributed by atoms with van der Waals surface area (Å²) < 4.78 is 66.8. The SMILES string of the molecule is CCc1cc(-c2ccc3c(c2)sc2cc(O)ccc23)ccc1OS(=O)(=O)C(F)(F)F. The topological polar surface area (TPSA) is 63.6 Å². The summed E-state index contributed by atoms with van der Waals surface area (Å²) in [6.07, 6.45) is 0.293. The van der Waals surface area contributed by atoms with Crippen molar-refractivity contribution in [3.05, 3.63) is 60.2 Å². The maximum absolute atomic E-state index is 12.6. The minimum atomic E-state index is -5.73. The molecule has 0 atom stereocenters. The molecular weight excluding hydrogens is 437 g/mol. The highest BCUT2D eigenvalue weighted by atomic mass is 32.2. The Morgan fingerprint density at radius 2 is 1.53 bits per heavy atom. The summed E-state index contributed by atoms with van der Waals surface area (Å²) in [4.78, 5) is 0. The zero-order valence-corrected chi connectivity index (χ0v) is 17.2. The van der Waals surface area contributed by atoms with Crippen molar-refractivity contribution in [1.29, 1.82) is 0 Å². The summed E-state index contributed by atoms with van der Waals surface area (Å²) >= 11 is 1.52. The van der Waals surface area contributed by atoms with Crippen LogP contribution in [0.3, 0.4) is 0 Å². The van der Waals surface area contributed by atoms with E-state index in [2.05, 4.69) is 4.18 Å². The number of phenols is 1. The number of thiophene rings is 1. The maximum Gasteiger partial charge on any atom is 0.534 e. The van der Waals surface area contributed by atoms with Crippen LogP contribution in [0, 0.1) is 0 Å². The molecule has 1 aromatic heterocycles. The zero-order valence-electron chi connectivity index (χ0n) is 15.5. The van der Waals surface area contributed by atoms with E-state index >= 15 is 0 Å². The number of alkyl halides is 3. The molecular formula is C21H15F3O4S2. The molecule has 0 aliphatic carbocycles. The molecule has 0 fully saturated rings. The Balaban J connectivity index is 1.75. The first kappa shape index (κ1) is 20.5. The molecule has 0 radical (unpaired) electrons. The molecule has 4 nitrogen and oxygen atoms in total. The van der Waals surface area contributed by atoms with E-state index in [-0.39, 0.29) is 11.5 Å². The number of phenolic OH excluding ortho intramolecular Hbond substituents is 1. The third-order valence-corrected chi connectivity index (χ3v) is 6.80. The van der Waals surface area contributed by atoms with E-state index in [1.807, 2.05) is 24.3 Å². The molecule has 9 heteroatoms. The monoisotopic (exact) mass is 452 g/mol. The molecule has 0 saturated heterocycles. The molecule has 1 N–H and O–H groups in total. The highest BCUT2D eigenvalue weighted by Gasteiger charge is 2.48. The van der Waals surface area contributed by atoms with Crippen LogP contribution in [-0.2, 0) is 16.5 Å². The van der Waals surface area contributed by atoms with Crippen molar-refractivity contribution in [1.82, 2.24) is 0 Å². The molecule has 0 aliphatic heterocycles. The number of rotatable bonds is 4. The molecule has 0 spiro atoms. The molecule has 4 rings (SSSR count). The predicted molar refractivity (Wildman–Crippen MR) is 111 cm³/mol. The maximum atomic E-state index is 12.6. The molecule has 4 aromatic rings. The minimum absolute atomic E-state index is 0.186. The quantitative estimate of drug-likeness (QED) is 0.295. The van der Waals surface area contributed by atoms with Crippen LogP contribution in [0.5, 0.6) is 11.5 Å². The van der Waals surface area contributed by atoms with Gasteiger partial charge in [-0.05, 0) is 59.5 Å². The van der Waals surface area contributed by atoms with E-state index in [1.165, 1.54) is 23.5 Å². The lowest BCUT2D eigenvalue weighted by Gasteiger charge is -2.13. The second-order valence-electron chi connectivity index (χ2n) is 6.65. The van der Waals surface area contributed by atoms with Gasteiger partial charge in [-0.15, -0.1) is 11.3 Å². The lowest BCUT2D eigenvalue weighted by atomic mass is 10.00. The third-order valence-electron chi connectivity index (χ3n) is 4.71. The Kier molecular flexibility index (Phi) is 4.90. The summed E-state index contributed by atoms with van der Waals surface area (Å²) in [5.74, 6) is -0.150. The van der Waals surface area contributed by atoms with Gasteiger partial charge in [0.05, 0.1) is 0 Å². The van der Waals surface area contributed by atoms with E-state index in [0.717, 1.165) is 31.3 Å². The van der Waals surface area contributed by atoms with Gasteiger partial charge in [-0.2, -0.15) is 21.6 Å². The van der Waals surface area contributed by atoms with Crippen molar-refractivity contribution in [3.63, 3.8) is 0 Å². The van der Waals surface area contributed by atoms with Crippen molar-refractivity contribution >= 4 is 41.6 Å². The summed E-state index contributed by atoms with van der Waals surface area (Å²) in [5, 5.41) is 11.7. The molecule has 0 bridgehead atoms. The minimum Gasteiger partial charge on any atom is -0.508 e. The van der Waals surface area contributed by atoms with Gasteiger partial charge >= 0.3 is 15.6 Å². The lowest BCUT2D eigenvalue weighted by molar-refractivity contribution is -0.0500. The van der Waals surface area contributed by atoms with Gasteiger partial charge in [0.1, 0.15) is 11.5 Å². The van der Waals surface area contributed by atoms with Crippen LogP contribution in [0.25, 0.3) is 31.3 Å². The smallest absolute Gasteiger partial charge is 0.508 e. The number of benzene rings is 3. The highest BCUT2D eigenvalue weighted by Crippen LogP contribution is 2.38. The van der Waals surface area contributed by atoms with Crippen LogP contribution in [0.1, 0.15) is 12.5 Å². The van der Waals surface area contributed by atoms with Crippen LogP contribution < -0.4 is 4.18 Å². The van der Waals surface area contributed by atoms with E-state index < -0.39 is 15.6 Å². The Hall–Kier alpha value is -2.78. The number of fused-ring (bicyclic) bond motifs is 3.